The Hall–Kier alpha value is -1.26. The molecule has 5 nitrogen and oxygen atoms in total. The SMILES string of the molecule is C/C=N\N(CC)CCN(C)C(=O)OC(C)(C)C. The molecule has 0 saturated carbocycles. The highest BCUT2D eigenvalue weighted by atomic mass is 16.6. The van der Waals surface area contributed by atoms with Crippen LogP contribution in [0.4, 0.5) is 4.79 Å². The minimum Gasteiger partial charge on any atom is -0.444 e. The lowest BCUT2D eigenvalue weighted by Crippen LogP contribution is -2.38. The Morgan fingerprint density at radius 3 is 2.35 bits per heavy atom. The predicted octanol–water partition coefficient (Wildman–Crippen LogP) is 2.18. The van der Waals surface area contributed by atoms with Gasteiger partial charge in [-0.15, -0.1) is 0 Å². The Balaban J connectivity index is 4.08. The molecule has 0 aromatic heterocycles. The molecule has 0 aromatic rings. The van der Waals surface area contributed by atoms with Gasteiger partial charge in [0, 0.05) is 26.4 Å². The lowest BCUT2D eigenvalue weighted by atomic mass is 10.2. The third-order valence-corrected chi connectivity index (χ3v) is 2.04. The van der Waals surface area contributed by atoms with E-state index in [4.69, 9.17) is 4.74 Å². The van der Waals surface area contributed by atoms with Crippen molar-refractivity contribution in [2.24, 2.45) is 5.10 Å². The van der Waals surface area contributed by atoms with Crippen LogP contribution >= 0.6 is 0 Å². The Morgan fingerprint density at radius 2 is 1.94 bits per heavy atom. The van der Waals surface area contributed by atoms with E-state index < -0.39 is 5.60 Å². The molecule has 1 amide bonds. The Morgan fingerprint density at radius 1 is 1.35 bits per heavy atom. The fourth-order valence-corrected chi connectivity index (χ4v) is 1.16. The van der Waals surface area contributed by atoms with Crippen molar-refractivity contribution in [3.05, 3.63) is 0 Å². The maximum Gasteiger partial charge on any atom is 0.410 e. The summed E-state index contributed by atoms with van der Waals surface area (Å²) in [6, 6.07) is 0. The molecule has 0 N–H and O–H groups in total. The Bertz CT molecular complexity index is 259. The van der Waals surface area contributed by atoms with Gasteiger partial charge in [0.05, 0.1) is 6.54 Å². The van der Waals surface area contributed by atoms with Gasteiger partial charge in [-0.25, -0.2) is 4.79 Å². The largest absolute Gasteiger partial charge is 0.444 e. The third-order valence-electron chi connectivity index (χ3n) is 2.04. The van der Waals surface area contributed by atoms with Gasteiger partial charge >= 0.3 is 6.09 Å². The molecule has 0 bridgehead atoms. The van der Waals surface area contributed by atoms with Crippen molar-refractivity contribution in [2.45, 2.75) is 40.2 Å². The zero-order chi connectivity index (χ0) is 13.5. The van der Waals surface area contributed by atoms with Crippen LogP contribution in [-0.2, 0) is 4.74 Å². The van der Waals surface area contributed by atoms with Gasteiger partial charge in [0.2, 0.25) is 0 Å². The molecule has 0 saturated heterocycles. The number of carbonyl (C=O) groups excluding carboxylic acids is 1. The summed E-state index contributed by atoms with van der Waals surface area (Å²) in [6.07, 6.45) is 1.45. The van der Waals surface area contributed by atoms with Crippen LogP contribution in [0.2, 0.25) is 0 Å². The molecule has 0 radical (unpaired) electrons. The summed E-state index contributed by atoms with van der Waals surface area (Å²) in [5, 5.41) is 6.08. The summed E-state index contributed by atoms with van der Waals surface area (Å²) in [7, 11) is 1.73. The van der Waals surface area contributed by atoms with E-state index in [1.165, 1.54) is 0 Å². The van der Waals surface area contributed by atoms with E-state index in [-0.39, 0.29) is 6.09 Å². The van der Waals surface area contributed by atoms with Crippen molar-refractivity contribution in [3.63, 3.8) is 0 Å². The van der Waals surface area contributed by atoms with E-state index in [2.05, 4.69) is 5.10 Å². The highest BCUT2D eigenvalue weighted by Crippen LogP contribution is 2.08. The van der Waals surface area contributed by atoms with Crippen molar-refractivity contribution < 1.29 is 9.53 Å². The molecule has 0 atom stereocenters. The molecule has 0 aromatic carbocycles. The summed E-state index contributed by atoms with van der Waals surface area (Å²) in [5.74, 6) is 0. The minimum absolute atomic E-state index is 0.297. The van der Waals surface area contributed by atoms with Crippen molar-refractivity contribution in [1.82, 2.24) is 9.91 Å². The molecule has 0 aliphatic rings. The molecule has 5 heteroatoms. The van der Waals surface area contributed by atoms with Crippen LogP contribution in [0.1, 0.15) is 34.6 Å². The topological polar surface area (TPSA) is 45.1 Å². The first-order valence-corrected chi connectivity index (χ1v) is 5.97. The van der Waals surface area contributed by atoms with Gasteiger partial charge in [-0.05, 0) is 34.6 Å². The van der Waals surface area contributed by atoms with E-state index in [9.17, 15) is 4.79 Å². The summed E-state index contributed by atoms with van der Waals surface area (Å²) < 4.78 is 5.26. The van der Waals surface area contributed by atoms with E-state index in [0.29, 0.717) is 13.1 Å². The quantitative estimate of drug-likeness (QED) is 0.549. The number of carbonyl (C=O) groups is 1. The van der Waals surface area contributed by atoms with Gasteiger partial charge in [0.15, 0.2) is 0 Å². The van der Waals surface area contributed by atoms with E-state index in [0.717, 1.165) is 6.54 Å². The summed E-state index contributed by atoms with van der Waals surface area (Å²) in [4.78, 5) is 13.2. The average molecular weight is 243 g/mol. The number of likely N-dealkylation sites (N-methyl/N-ethyl adjacent to an activating group) is 2. The number of hydrazone groups is 1. The number of nitrogens with zero attached hydrogens (tertiary/aromatic N) is 3. The van der Waals surface area contributed by atoms with Crippen LogP contribution in [0.25, 0.3) is 0 Å². The molecule has 0 aliphatic heterocycles. The van der Waals surface area contributed by atoms with Crippen molar-refractivity contribution in [2.75, 3.05) is 26.7 Å². The van der Waals surface area contributed by atoms with Crippen molar-refractivity contribution in [1.29, 1.82) is 0 Å². The number of hydrogen-bond acceptors (Lipinski definition) is 4. The third kappa shape index (κ3) is 7.60. The lowest BCUT2D eigenvalue weighted by molar-refractivity contribution is 0.0284. The molecule has 0 spiro atoms. The van der Waals surface area contributed by atoms with E-state index >= 15 is 0 Å². The first kappa shape index (κ1) is 15.7. The second-order valence-electron chi connectivity index (χ2n) is 4.82. The van der Waals surface area contributed by atoms with E-state index in [1.54, 1.807) is 18.2 Å². The van der Waals surface area contributed by atoms with Gasteiger partial charge in [-0.1, -0.05) is 0 Å². The summed E-state index contributed by atoms with van der Waals surface area (Å²) >= 11 is 0. The van der Waals surface area contributed by atoms with E-state index in [1.807, 2.05) is 39.6 Å². The Labute approximate surface area is 104 Å². The van der Waals surface area contributed by atoms with Gasteiger partial charge in [-0.2, -0.15) is 5.10 Å². The highest BCUT2D eigenvalue weighted by Gasteiger charge is 2.19. The molecule has 0 fully saturated rings. The van der Waals surface area contributed by atoms with Gasteiger partial charge in [0.1, 0.15) is 5.60 Å². The van der Waals surface area contributed by atoms with Gasteiger partial charge < -0.3 is 9.64 Å². The highest BCUT2D eigenvalue weighted by molar-refractivity contribution is 5.67. The van der Waals surface area contributed by atoms with Crippen LogP contribution in [0, 0.1) is 0 Å². The minimum atomic E-state index is -0.447. The van der Waals surface area contributed by atoms with Crippen LogP contribution in [0.15, 0.2) is 5.10 Å². The second kappa shape index (κ2) is 7.14. The zero-order valence-corrected chi connectivity index (χ0v) is 11.9. The van der Waals surface area contributed by atoms with Gasteiger partial charge in [0.25, 0.3) is 0 Å². The molecule has 0 heterocycles. The maximum absolute atomic E-state index is 11.7. The molecule has 0 aliphatic carbocycles. The fraction of sp³-hybridized carbons (Fsp3) is 0.833. The predicted molar refractivity (Wildman–Crippen MR) is 70.3 cm³/mol. The summed E-state index contributed by atoms with van der Waals surface area (Å²) in [5.41, 5.74) is -0.447. The maximum atomic E-state index is 11.7. The molecule has 100 valence electrons. The van der Waals surface area contributed by atoms with Crippen molar-refractivity contribution >= 4 is 12.3 Å². The molecule has 0 unspecified atom stereocenters. The fourth-order valence-electron chi connectivity index (χ4n) is 1.16. The summed E-state index contributed by atoms with van der Waals surface area (Å²) in [6.45, 7) is 11.6. The molecular formula is C12H25N3O2. The molecule has 17 heavy (non-hydrogen) atoms. The van der Waals surface area contributed by atoms with Crippen LogP contribution in [0.3, 0.4) is 0 Å². The first-order chi connectivity index (χ1) is 7.80. The molecule has 0 rings (SSSR count). The average Bonchev–Trinajstić information content (AvgIpc) is 2.21. The normalized spacial score (nSPS) is 11.6. The first-order valence-electron chi connectivity index (χ1n) is 5.97. The number of rotatable bonds is 5. The molecular weight excluding hydrogens is 218 g/mol. The van der Waals surface area contributed by atoms with Crippen LogP contribution in [0.5, 0.6) is 0 Å². The van der Waals surface area contributed by atoms with Crippen LogP contribution in [-0.4, -0.2) is 54.5 Å². The van der Waals surface area contributed by atoms with Gasteiger partial charge in [-0.3, -0.25) is 5.01 Å². The van der Waals surface area contributed by atoms with Crippen LogP contribution < -0.4 is 0 Å². The van der Waals surface area contributed by atoms with Crippen molar-refractivity contribution in [3.8, 4) is 0 Å². The number of amides is 1. The second-order valence-corrected chi connectivity index (χ2v) is 4.82. The number of hydrogen-bond donors (Lipinski definition) is 0. The standard InChI is InChI=1S/C12H25N3O2/c1-7-13-15(8-2)10-9-14(6)11(16)17-12(3,4)5/h7H,8-10H2,1-6H3/b13-7-. The Kier molecular flexibility index (Phi) is 6.61. The zero-order valence-electron chi connectivity index (χ0n) is 11.9. The lowest BCUT2D eigenvalue weighted by Gasteiger charge is -2.26. The smallest absolute Gasteiger partial charge is 0.410 e. The monoisotopic (exact) mass is 243 g/mol. The number of ether oxygens (including phenoxy) is 1.